The molecule has 1 saturated heterocycles. The summed E-state index contributed by atoms with van der Waals surface area (Å²) in [4.78, 5) is 48.2. The molecule has 1 fully saturated rings. The molecule has 226 valence electrons. The summed E-state index contributed by atoms with van der Waals surface area (Å²) in [6.45, 7) is 6.73. The SMILES string of the molecule is CCOC(=O)C1=C(C)N=c2s/c(=C/c3cc([N+](=O)[O-])ccc3N3CCN(C)CC3)c(=O)n2C1c1cc(OC)ccc1OC. The van der Waals surface area contributed by atoms with Crippen LogP contribution in [0.25, 0.3) is 6.08 Å². The van der Waals surface area contributed by atoms with Gasteiger partial charge in [0.25, 0.3) is 11.2 Å². The summed E-state index contributed by atoms with van der Waals surface area (Å²) in [5.41, 5.74) is 2.04. The summed E-state index contributed by atoms with van der Waals surface area (Å²) in [5.74, 6) is 0.376. The Morgan fingerprint density at radius 1 is 1.14 bits per heavy atom. The van der Waals surface area contributed by atoms with E-state index in [-0.39, 0.29) is 17.9 Å². The molecule has 1 atom stereocenters. The fourth-order valence-corrected chi connectivity index (χ4v) is 6.42. The van der Waals surface area contributed by atoms with Gasteiger partial charge >= 0.3 is 5.97 Å². The fourth-order valence-electron chi connectivity index (χ4n) is 5.39. The molecule has 12 nitrogen and oxygen atoms in total. The van der Waals surface area contributed by atoms with Gasteiger partial charge in [-0.3, -0.25) is 19.5 Å². The van der Waals surface area contributed by atoms with Crippen molar-refractivity contribution in [3.05, 3.63) is 88.6 Å². The Bertz CT molecular complexity index is 1790. The van der Waals surface area contributed by atoms with Crippen LogP contribution in [-0.4, -0.2) is 74.4 Å². The van der Waals surface area contributed by atoms with Gasteiger partial charge in [-0.2, -0.15) is 0 Å². The number of rotatable bonds is 8. The van der Waals surface area contributed by atoms with Crippen LogP contribution in [0, 0.1) is 10.1 Å². The monoisotopic (exact) mass is 607 g/mol. The van der Waals surface area contributed by atoms with E-state index < -0.39 is 22.5 Å². The number of nitrogens with zero attached hydrogens (tertiary/aromatic N) is 5. The van der Waals surface area contributed by atoms with Gasteiger partial charge < -0.3 is 24.0 Å². The number of esters is 1. The number of anilines is 1. The van der Waals surface area contributed by atoms with E-state index in [1.165, 1.54) is 30.9 Å². The van der Waals surface area contributed by atoms with Crippen LogP contribution in [0.1, 0.15) is 31.0 Å². The zero-order chi connectivity index (χ0) is 30.8. The third-order valence-electron chi connectivity index (χ3n) is 7.60. The van der Waals surface area contributed by atoms with E-state index in [4.69, 9.17) is 14.2 Å². The summed E-state index contributed by atoms with van der Waals surface area (Å²) >= 11 is 1.15. The Kier molecular flexibility index (Phi) is 8.64. The molecular weight excluding hydrogens is 574 g/mol. The number of carbonyl (C=O) groups excluding carboxylic acids is 1. The highest BCUT2D eigenvalue weighted by molar-refractivity contribution is 7.07. The molecular formula is C30H33N5O7S. The maximum atomic E-state index is 14.2. The molecule has 3 aromatic rings. The molecule has 0 saturated carbocycles. The van der Waals surface area contributed by atoms with Crippen LogP contribution in [-0.2, 0) is 9.53 Å². The van der Waals surface area contributed by atoms with E-state index in [9.17, 15) is 19.7 Å². The summed E-state index contributed by atoms with van der Waals surface area (Å²) in [6.07, 6.45) is 1.67. The molecule has 2 aliphatic rings. The Morgan fingerprint density at radius 2 is 1.88 bits per heavy atom. The molecule has 0 spiro atoms. The normalized spacial score (nSPS) is 17.4. The van der Waals surface area contributed by atoms with Crippen LogP contribution >= 0.6 is 11.3 Å². The summed E-state index contributed by atoms with van der Waals surface area (Å²) in [7, 11) is 5.09. The van der Waals surface area contributed by atoms with Crippen molar-refractivity contribution in [2.45, 2.75) is 19.9 Å². The lowest BCUT2D eigenvalue weighted by Gasteiger charge is -2.34. The molecule has 2 aromatic carbocycles. The van der Waals surface area contributed by atoms with Crippen molar-refractivity contribution in [2.75, 3.05) is 59.0 Å². The van der Waals surface area contributed by atoms with Crippen molar-refractivity contribution in [3.8, 4) is 11.5 Å². The lowest BCUT2D eigenvalue weighted by atomic mass is 9.94. The van der Waals surface area contributed by atoms with Crippen LogP contribution in [0.4, 0.5) is 11.4 Å². The molecule has 1 unspecified atom stereocenters. The average molecular weight is 608 g/mol. The van der Waals surface area contributed by atoms with E-state index in [0.717, 1.165) is 43.2 Å². The van der Waals surface area contributed by atoms with Crippen molar-refractivity contribution in [1.82, 2.24) is 9.47 Å². The van der Waals surface area contributed by atoms with Crippen molar-refractivity contribution in [3.63, 3.8) is 0 Å². The third-order valence-corrected chi connectivity index (χ3v) is 8.58. The highest BCUT2D eigenvalue weighted by Crippen LogP contribution is 2.38. The minimum Gasteiger partial charge on any atom is -0.497 e. The number of likely N-dealkylation sites (N-methyl/N-ethyl adjacent to an activating group) is 1. The van der Waals surface area contributed by atoms with Gasteiger partial charge in [0.15, 0.2) is 4.80 Å². The summed E-state index contributed by atoms with van der Waals surface area (Å²) < 4.78 is 18.3. The number of allylic oxidation sites excluding steroid dienone is 1. The van der Waals surface area contributed by atoms with E-state index in [0.29, 0.717) is 37.7 Å². The molecule has 2 aliphatic heterocycles. The quantitative estimate of drug-likeness (QED) is 0.216. The number of hydrogen-bond donors (Lipinski definition) is 0. The van der Waals surface area contributed by atoms with Crippen LogP contribution in [0.2, 0.25) is 0 Å². The van der Waals surface area contributed by atoms with Crippen LogP contribution in [0.3, 0.4) is 0 Å². The van der Waals surface area contributed by atoms with Crippen LogP contribution in [0.5, 0.6) is 11.5 Å². The number of nitro groups is 1. The van der Waals surface area contributed by atoms with Gasteiger partial charge in [0.05, 0.1) is 41.6 Å². The second-order valence-electron chi connectivity index (χ2n) is 10.2. The zero-order valence-electron chi connectivity index (χ0n) is 24.7. The van der Waals surface area contributed by atoms with Crippen molar-refractivity contribution in [1.29, 1.82) is 0 Å². The fraction of sp³-hybridized carbons (Fsp3) is 0.367. The molecule has 43 heavy (non-hydrogen) atoms. The topological polar surface area (TPSA) is 129 Å². The van der Waals surface area contributed by atoms with Gasteiger partial charge in [-0.25, -0.2) is 9.79 Å². The molecule has 13 heteroatoms. The first-order valence-corrected chi connectivity index (χ1v) is 14.6. The zero-order valence-corrected chi connectivity index (χ0v) is 25.5. The molecule has 1 aromatic heterocycles. The number of carbonyl (C=O) groups is 1. The first-order chi connectivity index (χ1) is 20.7. The predicted molar refractivity (Wildman–Crippen MR) is 163 cm³/mol. The van der Waals surface area contributed by atoms with Crippen molar-refractivity contribution in [2.24, 2.45) is 4.99 Å². The summed E-state index contributed by atoms with van der Waals surface area (Å²) in [5, 5.41) is 11.7. The van der Waals surface area contributed by atoms with E-state index in [1.54, 1.807) is 44.2 Å². The first kappa shape index (κ1) is 30.0. The Balaban J connectivity index is 1.74. The van der Waals surface area contributed by atoms with Crippen LogP contribution < -0.4 is 29.3 Å². The van der Waals surface area contributed by atoms with Gasteiger partial charge in [0.1, 0.15) is 17.5 Å². The molecule has 3 heterocycles. The molecule has 0 N–H and O–H groups in total. The number of hydrogen-bond acceptors (Lipinski definition) is 11. The minimum absolute atomic E-state index is 0.0728. The largest absolute Gasteiger partial charge is 0.497 e. The Hall–Kier alpha value is -4.49. The number of aromatic nitrogens is 1. The number of thiazole rings is 1. The van der Waals surface area contributed by atoms with Crippen molar-refractivity contribution < 1.29 is 23.9 Å². The second kappa shape index (κ2) is 12.4. The van der Waals surface area contributed by atoms with Gasteiger partial charge in [0, 0.05) is 55.1 Å². The lowest BCUT2D eigenvalue weighted by Crippen LogP contribution is -2.44. The minimum atomic E-state index is -0.912. The molecule has 5 rings (SSSR count). The third kappa shape index (κ3) is 5.77. The Morgan fingerprint density at radius 3 is 2.53 bits per heavy atom. The highest BCUT2D eigenvalue weighted by Gasteiger charge is 2.35. The van der Waals surface area contributed by atoms with E-state index >= 15 is 0 Å². The molecule has 0 bridgehead atoms. The summed E-state index contributed by atoms with van der Waals surface area (Å²) in [6, 6.07) is 8.97. The van der Waals surface area contributed by atoms with Gasteiger partial charge in [0.2, 0.25) is 0 Å². The average Bonchev–Trinajstić information content (AvgIpc) is 3.30. The standard InChI is InChI=1S/C30H33N5O7S/c1-6-42-29(37)26-18(2)31-30-34(27(26)22-17-21(40-4)8-10-24(22)41-5)28(36)25(43-30)16-19-15-20(35(38)39)7-9-23(19)33-13-11-32(3)12-14-33/h7-10,15-17,27H,6,11-14H2,1-5H3/b25-16+. The molecule has 0 radical (unpaired) electrons. The van der Waals surface area contributed by atoms with Crippen molar-refractivity contribution >= 4 is 34.8 Å². The number of piperazine rings is 1. The number of fused-ring (bicyclic) bond motifs is 1. The van der Waals surface area contributed by atoms with Gasteiger partial charge in [-0.05, 0) is 51.2 Å². The second-order valence-corrected chi connectivity index (χ2v) is 11.2. The van der Waals surface area contributed by atoms with E-state index in [2.05, 4.69) is 21.8 Å². The predicted octanol–water partition coefficient (Wildman–Crippen LogP) is 2.48. The Labute approximate surface area is 251 Å². The number of nitro benzene ring substituents is 1. The highest BCUT2D eigenvalue weighted by atomic mass is 32.1. The first-order valence-electron chi connectivity index (χ1n) is 13.8. The maximum absolute atomic E-state index is 14.2. The van der Waals surface area contributed by atoms with Crippen LogP contribution in [0.15, 0.2) is 57.5 Å². The number of ether oxygens (including phenoxy) is 3. The number of non-ortho nitro benzene ring substituents is 1. The van der Waals surface area contributed by atoms with Gasteiger partial charge in [-0.15, -0.1) is 0 Å². The van der Waals surface area contributed by atoms with Gasteiger partial charge in [-0.1, -0.05) is 11.3 Å². The number of methoxy groups -OCH3 is 2. The maximum Gasteiger partial charge on any atom is 0.338 e. The molecule has 0 aliphatic carbocycles. The lowest BCUT2D eigenvalue weighted by molar-refractivity contribution is -0.384. The number of benzene rings is 2. The smallest absolute Gasteiger partial charge is 0.338 e. The molecule has 0 amide bonds. The van der Waals surface area contributed by atoms with E-state index in [1.807, 2.05) is 0 Å².